The van der Waals surface area contributed by atoms with Gasteiger partial charge in [0.15, 0.2) is 0 Å². The predicted molar refractivity (Wildman–Crippen MR) is 133 cm³/mol. The minimum absolute atomic E-state index is 0.0162. The van der Waals surface area contributed by atoms with Crippen LogP contribution < -0.4 is 0 Å². The molecule has 3 unspecified atom stereocenters. The van der Waals surface area contributed by atoms with Crippen molar-refractivity contribution in [3.05, 3.63) is 52.4 Å². The van der Waals surface area contributed by atoms with Gasteiger partial charge in [-0.05, 0) is 74.1 Å². The molecule has 2 saturated carbocycles. The number of aliphatic hydroxyl groups is 1. The molecule has 1 N–H and O–H groups in total. The van der Waals surface area contributed by atoms with E-state index in [1.165, 1.54) is 43.2 Å². The lowest BCUT2D eigenvalue weighted by Crippen LogP contribution is -2.41. The third-order valence-electron chi connectivity index (χ3n) is 7.17. The van der Waals surface area contributed by atoms with E-state index >= 15 is 0 Å². The summed E-state index contributed by atoms with van der Waals surface area (Å²) in [5, 5.41) is 9.07. The Labute approximate surface area is 203 Å². The minimum atomic E-state index is -0.318. The summed E-state index contributed by atoms with van der Waals surface area (Å²) in [4.78, 5) is 15.8. The zero-order valence-electron chi connectivity index (χ0n) is 18.5. The summed E-state index contributed by atoms with van der Waals surface area (Å²) in [6.45, 7) is 0.179. The lowest BCUT2D eigenvalue weighted by atomic mass is 9.94. The van der Waals surface area contributed by atoms with E-state index in [2.05, 4.69) is 0 Å². The summed E-state index contributed by atoms with van der Waals surface area (Å²) >= 11 is 6.98. The number of benzene rings is 1. The average molecular weight is 486 g/mol. The molecular weight excluding hydrogens is 457 g/mol. The molecule has 1 amide bonds. The van der Waals surface area contributed by atoms with Crippen LogP contribution in [0.1, 0.15) is 56.3 Å². The molecule has 5 rings (SSSR count). The SMILES string of the molecule is O=C1C(=Cc2oc(-c3cccc(F)c3)cc2CCCCCO)SC(=S)N1C1CC2CCC1C2. The molecule has 0 radical (unpaired) electrons. The van der Waals surface area contributed by atoms with Gasteiger partial charge in [-0.25, -0.2) is 4.39 Å². The first-order valence-electron chi connectivity index (χ1n) is 11.8. The number of thioether (sulfide) groups is 1. The second kappa shape index (κ2) is 9.72. The maximum atomic E-state index is 13.8. The minimum Gasteiger partial charge on any atom is -0.456 e. The van der Waals surface area contributed by atoms with Crippen molar-refractivity contribution >= 4 is 40.3 Å². The summed E-state index contributed by atoms with van der Waals surface area (Å²) in [5.41, 5.74) is 1.65. The third-order valence-corrected chi connectivity index (χ3v) is 8.50. The number of halogens is 1. The van der Waals surface area contributed by atoms with Gasteiger partial charge < -0.3 is 9.52 Å². The molecule has 2 bridgehead atoms. The highest BCUT2D eigenvalue weighted by Gasteiger charge is 2.48. The van der Waals surface area contributed by atoms with Crippen molar-refractivity contribution in [2.24, 2.45) is 11.8 Å². The summed E-state index contributed by atoms with van der Waals surface area (Å²) in [6.07, 6.45) is 9.89. The van der Waals surface area contributed by atoms with Crippen molar-refractivity contribution < 1.29 is 18.7 Å². The fourth-order valence-electron chi connectivity index (χ4n) is 5.56. The number of furan rings is 1. The van der Waals surface area contributed by atoms with Gasteiger partial charge in [-0.3, -0.25) is 9.69 Å². The average Bonchev–Trinajstić information content (AvgIpc) is 3.56. The van der Waals surface area contributed by atoms with Gasteiger partial charge in [0, 0.05) is 24.3 Å². The Hall–Kier alpha value is -1.96. The van der Waals surface area contributed by atoms with E-state index in [1.54, 1.807) is 6.07 Å². The van der Waals surface area contributed by atoms with Crippen molar-refractivity contribution in [1.29, 1.82) is 0 Å². The summed E-state index contributed by atoms with van der Waals surface area (Å²) in [6, 6.07) is 8.51. The van der Waals surface area contributed by atoms with E-state index in [4.69, 9.17) is 21.7 Å². The highest BCUT2D eigenvalue weighted by atomic mass is 32.2. The van der Waals surface area contributed by atoms with Crippen molar-refractivity contribution in [2.75, 3.05) is 6.61 Å². The van der Waals surface area contributed by atoms with Crippen molar-refractivity contribution in [2.45, 2.75) is 57.4 Å². The fraction of sp³-hybridized carbons (Fsp3) is 0.462. The summed E-state index contributed by atoms with van der Waals surface area (Å²) in [7, 11) is 0. The van der Waals surface area contributed by atoms with Crippen LogP contribution in [-0.2, 0) is 11.2 Å². The van der Waals surface area contributed by atoms with Crippen LogP contribution in [0.25, 0.3) is 17.4 Å². The van der Waals surface area contributed by atoms with E-state index in [-0.39, 0.29) is 24.4 Å². The number of amides is 1. The Morgan fingerprint density at radius 1 is 1.21 bits per heavy atom. The van der Waals surface area contributed by atoms with Gasteiger partial charge in [-0.1, -0.05) is 49.0 Å². The van der Waals surface area contributed by atoms with E-state index in [9.17, 15) is 9.18 Å². The zero-order chi connectivity index (χ0) is 22.9. The van der Waals surface area contributed by atoms with Crippen LogP contribution in [0.4, 0.5) is 4.39 Å². The van der Waals surface area contributed by atoms with E-state index in [0.29, 0.717) is 32.2 Å². The molecule has 0 spiro atoms. The predicted octanol–water partition coefficient (Wildman–Crippen LogP) is 6.18. The van der Waals surface area contributed by atoms with Crippen molar-refractivity contribution in [1.82, 2.24) is 4.90 Å². The van der Waals surface area contributed by atoms with E-state index < -0.39 is 0 Å². The van der Waals surface area contributed by atoms with Crippen LogP contribution in [0.2, 0.25) is 0 Å². The molecule has 174 valence electrons. The van der Waals surface area contributed by atoms with Crippen LogP contribution in [-0.4, -0.2) is 32.9 Å². The smallest absolute Gasteiger partial charge is 0.266 e. The molecule has 4 nitrogen and oxygen atoms in total. The monoisotopic (exact) mass is 485 g/mol. The number of aliphatic hydroxyl groups excluding tert-OH is 1. The summed E-state index contributed by atoms with van der Waals surface area (Å²) in [5.74, 6) is 2.19. The second-order valence-corrected chi connectivity index (χ2v) is 11.0. The van der Waals surface area contributed by atoms with Gasteiger partial charge in [0.25, 0.3) is 5.91 Å². The Kier molecular flexibility index (Phi) is 6.72. The maximum Gasteiger partial charge on any atom is 0.266 e. The summed E-state index contributed by atoms with van der Waals surface area (Å²) < 4.78 is 20.6. The molecule has 1 aromatic heterocycles. The Bertz CT molecular complexity index is 1090. The number of unbranched alkanes of at least 4 members (excludes halogenated alkanes) is 2. The molecule has 1 saturated heterocycles. The van der Waals surface area contributed by atoms with E-state index in [1.807, 2.05) is 23.1 Å². The van der Waals surface area contributed by atoms with Crippen molar-refractivity contribution in [3.8, 4) is 11.3 Å². The molecule has 33 heavy (non-hydrogen) atoms. The molecular formula is C26H28FNO3S2. The number of rotatable bonds is 8. The standard InChI is InChI=1S/C26H28FNO3S2/c27-20-7-4-6-18(13-20)22-14-19(5-2-1-3-10-29)23(31-22)15-24-25(30)28(26(32)33-24)21-12-16-8-9-17(21)11-16/h4,6-7,13-17,21,29H,1-3,5,8-12H2. The molecule has 2 heterocycles. The second-order valence-electron chi connectivity index (χ2n) is 9.34. The molecule has 1 aliphatic heterocycles. The Morgan fingerprint density at radius 2 is 2.09 bits per heavy atom. The van der Waals surface area contributed by atoms with Gasteiger partial charge in [0.2, 0.25) is 0 Å². The van der Waals surface area contributed by atoms with Crippen LogP contribution in [0.5, 0.6) is 0 Å². The lowest BCUT2D eigenvalue weighted by Gasteiger charge is -2.30. The van der Waals surface area contributed by atoms with Gasteiger partial charge >= 0.3 is 0 Å². The quantitative estimate of drug-likeness (QED) is 0.275. The number of aryl methyl sites for hydroxylation is 1. The van der Waals surface area contributed by atoms with Crippen LogP contribution >= 0.6 is 24.0 Å². The Balaban J connectivity index is 1.42. The number of fused-ring (bicyclic) bond motifs is 2. The molecule has 7 heteroatoms. The zero-order valence-corrected chi connectivity index (χ0v) is 20.1. The highest BCUT2D eigenvalue weighted by Crippen LogP contribution is 2.49. The van der Waals surface area contributed by atoms with Crippen LogP contribution in [0.3, 0.4) is 0 Å². The normalized spacial score (nSPS) is 25.7. The number of carbonyl (C=O) groups is 1. The lowest BCUT2D eigenvalue weighted by molar-refractivity contribution is -0.124. The molecule has 2 aromatic rings. The van der Waals surface area contributed by atoms with Gasteiger partial charge in [0.05, 0.1) is 4.91 Å². The molecule has 3 fully saturated rings. The van der Waals surface area contributed by atoms with Gasteiger partial charge in [-0.15, -0.1) is 0 Å². The number of thiocarbonyl (C=S) groups is 1. The molecule has 1 aromatic carbocycles. The number of hydrogen-bond donors (Lipinski definition) is 1. The third kappa shape index (κ3) is 4.68. The molecule has 3 aliphatic rings. The fourth-order valence-corrected chi connectivity index (χ4v) is 6.90. The molecule has 2 aliphatic carbocycles. The Morgan fingerprint density at radius 3 is 2.82 bits per heavy atom. The molecule has 3 atom stereocenters. The van der Waals surface area contributed by atoms with Gasteiger partial charge in [-0.2, -0.15) is 0 Å². The van der Waals surface area contributed by atoms with Crippen molar-refractivity contribution in [3.63, 3.8) is 0 Å². The first-order chi connectivity index (χ1) is 16.0. The van der Waals surface area contributed by atoms with E-state index in [0.717, 1.165) is 43.6 Å². The van der Waals surface area contributed by atoms with Crippen LogP contribution in [0, 0.1) is 17.7 Å². The number of nitrogens with zero attached hydrogens (tertiary/aromatic N) is 1. The van der Waals surface area contributed by atoms with Crippen LogP contribution in [0.15, 0.2) is 39.7 Å². The number of hydrogen-bond acceptors (Lipinski definition) is 5. The number of carbonyl (C=O) groups excluding carboxylic acids is 1. The van der Waals surface area contributed by atoms with Gasteiger partial charge in [0.1, 0.15) is 21.7 Å². The highest BCUT2D eigenvalue weighted by molar-refractivity contribution is 8.26. The first kappa shape index (κ1) is 22.8. The maximum absolute atomic E-state index is 13.8. The largest absolute Gasteiger partial charge is 0.456 e. The topological polar surface area (TPSA) is 53.7 Å². The first-order valence-corrected chi connectivity index (χ1v) is 13.0.